The lowest BCUT2D eigenvalue weighted by atomic mass is 9.76. The van der Waals surface area contributed by atoms with Gasteiger partial charge in [-0.2, -0.15) is 0 Å². The van der Waals surface area contributed by atoms with E-state index < -0.39 is 13.2 Å². The van der Waals surface area contributed by atoms with Crippen molar-refractivity contribution in [3.63, 3.8) is 0 Å². The van der Waals surface area contributed by atoms with Crippen LogP contribution in [0.25, 0.3) is 0 Å². The molecule has 2 aromatic rings. The molecule has 1 aliphatic heterocycles. The highest BCUT2D eigenvalue weighted by molar-refractivity contribution is 7.10. The van der Waals surface area contributed by atoms with Crippen molar-refractivity contribution < 1.29 is 29.5 Å². The lowest BCUT2D eigenvalue weighted by Gasteiger charge is -2.36. The van der Waals surface area contributed by atoms with Gasteiger partial charge in [0.1, 0.15) is 6.29 Å². The van der Waals surface area contributed by atoms with E-state index in [2.05, 4.69) is 0 Å². The van der Waals surface area contributed by atoms with Crippen LogP contribution < -0.4 is 5.46 Å². The van der Waals surface area contributed by atoms with Crippen LogP contribution in [0.4, 0.5) is 0 Å². The molecule has 1 amide bonds. The molecule has 3 rings (SSSR count). The Bertz CT molecular complexity index is 797. The second-order valence-corrected chi connectivity index (χ2v) is 7.31. The Kier molecular flexibility index (Phi) is 6.40. The van der Waals surface area contributed by atoms with E-state index in [-0.39, 0.29) is 28.5 Å². The number of hydrogen-bond donors (Lipinski definition) is 3. The average molecular weight is 389 g/mol. The van der Waals surface area contributed by atoms with Gasteiger partial charge in [-0.25, -0.2) is 0 Å². The van der Waals surface area contributed by atoms with Crippen LogP contribution in [0.2, 0.25) is 0 Å². The summed E-state index contributed by atoms with van der Waals surface area (Å²) in [5.41, 5.74) is 0.381. The Morgan fingerprint density at radius 3 is 2.89 bits per heavy atom. The van der Waals surface area contributed by atoms with Crippen LogP contribution >= 0.6 is 11.3 Å². The predicted molar refractivity (Wildman–Crippen MR) is 101 cm³/mol. The molecule has 1 aromatic heterocycles. The van der Waals surface area contributed by atoms with Crippen LogP contribution in [-0.2, 0) is 4.74 Å². The Labute approximate surface area is 161 Å². The van der Waals surface area contributed by atoms with E-state index in [1.54, 1.807) is 4.90 Å². The molecule has 2 heterocycles. The minimum atomic E-state index is -1.79. The summed E-state index contributed by atoms with van der Waals surface area (Å²) in [7, 11) is -1.79. The molecule has 1 fully saturated rings. The number of thiophene rings is 1. The monoisotopic (exact) mass is 389 g/mol. The molecule has 0 aliphatic carbocycles. The van der Waals surface area contributed by atoms with Crippen molar-refractivity contribution >= 4 is 36.1 Å². The number of rotatable bonds is 6. The van der Waals surface area contributed by atoms with E-state index in [1.807, 2.05) is 17.5 Å². The smallest absolute Gasteiger partial charge is 0.423 e. The van der Waals surface area contributed by atoms with Gasteiger partial charge in [0.2, 0.25) is 0 Å². The molecule has 7 nitrogen and oxygen atoms in total. The Morgan fingerprint density at radius 2 is 2.22 bits per heavy atom. The number of nitrogens with zero attached hydrogens (tertiary/aromatic N) is 1. The van der Waals surface area contributed by atoms with Crippen molar-refractivity contribution in [1.82, 2.24) is 4.90 Å². The SMILES string of the molecule is O=Cc1cc(C(=O)N2CCOCC2CC(O)c2cccs2)ccc1B(O)O. The molecule has 9 heteroatoms. The van der Waals surface area contributed by atoms with Crippen LogP contribution in [0.5, 0.6) is 0 Å². The second-order valence-electron chi connectivity index (χ2n) is 6.33. The van der Waals surface area contributed by atoms with E-state index in [4.69, 9.17) is 4.74 Å². The van der Waals surface area contributed by atoms with Gasteiger partial charge in [-0.05, 0) is 29.0 Å². The number of aldehydes is 1. The van der Waals surface area contributed by atoms with Gasteiger partial charge in [-0.1, -0.05) is 12.1 Å². The summed E-state index contributed by atoms with van der Waals surface area (Å²) in [5, 5.41) is 30.9. The van der Waals surface area contributed by atoms with Gasteiger partial charge in [0.05, 0.1) is 25.4 Å². The van der Waals surface area contributed by atoms with Gasteiger partial charge in [0, 0.05) is 29.0 Å². The number of hydrogen-bond acceptors (Lipinski definition) is 7. The maximum Gasteiger partial charge on any atom is 0.489 e. The van der Waals surface area contributed by atoms with Crippen LogP contribution in [0.1, 0.15) is 38.1 Å². The Hall–Kier alpha value is -2.04. The van der Waals surface area contributed by atoms with Gasteiger partial charge in [0.25, 0.3) is 5.91 Å². The Balaban J connectivity index is 1.80. The lowest BCUT2D eigenvalue weighted by Crippen LogP contribution is -2.49. The first-order valence-corrected chi connectivity index (χ1v) is 9.44. The number of amides is 1. The Morgan fingerprint density at radius 1 is 1.41 bits per heavy atom. The molecule has 3 N–H and O–H groups in total. The van der Waals surface area contributed by atoms with Crippen molar-refractivity contribution in [3.05, 3.63) is 51.7 Å². The van der Waals surface area contributed by atoms with Gasteiger partial charge in [-0.3, -0.25) is 9.59 Å². The van der Waals surface area contributed by atoms with Crippen LogP contribution in [0, 0.1) is 0 Å². The van der Waals surface area contributed by atoms with E-state index in [0.29, 0.717) is 32.5 Å². The summed E-state index contributed by atoms with van der Waals surface area (Å²) < 4.78 is 5.49. The van der Waals surface area contributed by atoms with Crippen molar-refractivity contribution in [2.75, 3.05) is 19.8 Å². The van der Waals surface area contributed by atoms with Gasteiger partial charge < -0.3 is 24.8 Å². The van der Waals surface area contributed by atoms with Gasteiger partial charge >= 0.3 is 7.12 Å². The number of aliphatic hydroxyl groups is 1. The van der Waals surface area contributed by atoms with Crippen LogP contribution in [0.15, 0.2) is 35.7 Å². The molecule has 27 heavy (non-hydrogen) atoms. The van der Waals surface area contributed by atoms with Gasteiger partial charge in [-0.15, -0.1) is 11.3 Å². The summed E-state index contributed by atoms with van der Waals surface area (Å²) in [6.07, 6.45) is 0.146. The quantitative estimate of drug-likeness (QED) is 0.482. The summed E-state index contributed by atoms with van der Waals surface area (Å²) in [5.74, 6) is -0.288. The van der Waals surface area contributed by atoms with Crippen LogP contribution in [0.3, 0.4) is 0 Å². The average Bonchev–Trinajstić information content (AvgIpc) is 3.22. The molecular formula is C18H20BNO6S. The summed E-state index contributed by atoms with van der Waals surface area (Å²) >= 11 is 1.45. The van der Waals surface area contributed by atoms with Gasteiger partial charge in [0.15, 0.2) is 0 Å². The largest absolute Gasteiger partial charge is 0.489 e. The third-order valence-corrected chi connectivity index (χ3v) is 5.57. The van der Waals surface area contributed by atoms with E-state index in [9.17, 15) is 24.7 Å². The molecule has 0 bridgehead atoms. The fourth-order valence-corrected chi connectivity index (χ4v) is 3.91. The van der Waals surface area contributed by atoms with Crippen molar-refractivity contribution in [3.8, 4) is 0 Å². The minimum Gasteiger partial charge on any atom is -0.423 e. The molecule has 2 unspecified atom stereocenters. The normalized spacial score (nSPS) is 18.2. The molecule has 1 aromatic carbocycles. The van der Waals surface area contributed by atoms with E-state index >= 15 is 0 Å². The first-order valence-electron chi connectivity index (χ1n) is 8.56. The fraction of sp³-hybridized carbons (Fsp3) is 0.333. The van der Waals surface area contributed by atoms with Crippen molar-refractivity contribution in [1.29, 1.82) is 0 Å². The van der Waals surface area contributed by atoms with E-state index in [1.165, 1.54) is 29.5 Å². The lowest BCUT2D eigenvalue weighted by molar-refractivity contribution is -0.0170. The number of aliphatic hydroxyl groups excluding tert-OH is 1. The highest BCUT2D eigenvalue weighted by Crippen LogP contribution is 2.26. The second kappa shape index (κ2) is 8.77. The third kappa shape index (κ3) is 4.45. The third-order valence-electron chi connectivity index (χ3n) is 4.59. The number of morpholine rings is 1. The molecule has 0 saturated carbocycles. The number of carbonyl (C=O) groups excluding carboxylic acids is 2. The summed E-state index contributed by atoms with van der Waals surface area (Å²) in [6, 6.07) is 7.59. The zero-order chi connectivity index (χ0) is 19.4. The summed E-state index contributed by atoms with van der Waals surface area (Å²) in [6.45, 7) is 1.09. The van der Waals surface area contributed by atoms with Crippen LogP contribution in [-0.4, -0.2) is 65.2 Å². The number of benzene rings is 1. The predicted octanol–water partition coefficient (Wildman–Crippen LogP) is 0.205. The number of ether oxygens (including phenoxy) is 1. The highest BCUT2D eigenvalue weighted by Gasteiger charge is 2.31. The summed E-state index contributed by atoms with van der Waals surface area (Å²) in [4.78, 5) is 26.7. The van der Waals surface area contributed by atoms with Crippen molar-refractivity contribution in [2.24, 2.45) is 0 Å². The minimum absolute atomic E-state index is 0.0493. The zero-order valence-electron chi connectivity index (χ0n) is 14.5. The maximum atomic E-state index is 13.0. The topological polar surface area (TPSA) is 107 Å². The molecule has 0 spiro atoms. The fourth-order valence-electron chi connectivity index (χ4n) is 3.18. The maximum absolute atomic E-state index is 13.0. The first-order chi connectivity index (χ1) is 13.0. The molecule has 2 atom stereocenters. The molecule has 1 saturated heterocycles. The van der Waals surface area contributed by atoms with E-state index in [0.717, 1.165) is 4.88 Å². The zero-order valence-corrected chi connectivity index (χ0v) is 15.3. The molecular weight excluding hydrogens is 369 g/mol. The first kappa shape index (κ1) is 19.7. The standard InChI is InChI=1S/C18H20BNO6S/c21-10-13-8-12(3-4-15(13)19(24)25)18(23)20-5-6-26-11-14(20)9-16(22)17-2-1-7-27-17/h1-4,7-8,10,14,16,22,24-25H,5-6,9,11H2. The molecule has 1 aliphatic rings. The van der Waals surface area contributed by atoms with Crippen molar-refractivity contribution in [2.45, 2.75) is 18.6 Å². The molecule has 142 valence electrons. The highest BCUT2D eigenvalue weighted by atomic mass is 32.1. The molecule has 0 radical (unpaired) electrons. The number of carbonyl (C=O) groups is 2.